The molecule has 21 heavy (non-hydrogen) atoms. The van der Waals surface area contributed by atoms with E-state index in [2.05, 4.69) is 15.3 Å². The lowest BCUT2D eigenvalue weighted by Crippen LogP contribution is -2.40. The first-order chi connectivity index (χ1) is 10.2. The highest BCUT2D eigenvalue weighted by Gasteiger charge is 2.23. The van der Waals surface area contributed by atoms with E-state index in [0.717, 1.165) is 36.9 Å². The van der Waals surface area contributed by atoms with Crippen LogP contribution < -0.4 is 10.6 Å². The molecule has 2 heterocycles. The van der Waals surface area contributed by atoms with Crippen molar-refractivity contribution in [2.24, 2.45) is 5.73 Å². The molecule has 1 atom stereocenters. The van der Waals surface area contributed by atoms with Crippen LogP contribution in [0.5, 0.6) is 0 Å². The molecule has 0 aromatic carbocycles. The molecule has 0 radical (unpaired) electrons. The van der Waals surface area contributed by atoms with Crippen molar-refractivity contribution in [3.05, 3.63) is 11.1 Å². The fourth-order valence-electron chi connectivity index (χ4n) is 2.98. The Balaban J connectivity index is 2.02. The Hall–Kier alpha value is -0.980. The maximum Gasteiger partial charge on any atom is 0.225 e. The summed E-state index contributed by atoms with van der Waals surface area (Å²) in [6.45, 7) is 6.98. The molecule has 1 aromatic heterocycles. The minimum atomic E-state index is 0.0531. The van der Waals surface area contributed by atoms with E-state index in [0.29, 0.717) is 12.6 Å². The molecule has 2 N–H and O–H groups in total. The Morgan fingerprint density at radius 2 is 2.38 bits per heavy atom. The number of aromatic nitrogens is 1. The van der Waals surface area contributed by atoms with Crippen LogP contribution >= 0.6 is 11.3 Å². The average Bonchev–Trinajstić information content (AvgIpc) is 2.90. The van der Waals surface area contributed by atoms with Crippen LogP contribution in [0, 0.1) is 0 Å². The smallest absolute Gasteiger partial charge is 0.225 e. The van der Waals surface area contributed by atoms with E-state index in [4.69, 9.17) is 5.73 Å². The Kier molecular flexibility index (Phi) is 6.14. The van der Waals surface area contributed by atoms with Crippen LogP contribution in [0.3, 0.4) is 0 Å². The second-order valence-electron chi connectivity index (χ2n) is 5.58. The molecule has 0 aliphatic carbocycles. The number of carbonyl (C=O) groups excluding carboxylic acids is 1. The summed E-state index contributed by atoms with van der Waals surface area (Å²) in [5.41, 5.74) is 6.79. The van der Waals surface area contributed by atoms with Crippen molar-refractivity contribution in [2.75, 3.05) is 24.5 Å². The fourth-order valence-corrected chi connectivity index (χ4v) is 3.90. The molecule has 118 valence electrons. The van der Waals surface area contributed by atoms with Gasteiger partial charge in [-0.1, -0.05) is 6.42 Å². The topological polar surface area (TPSA) is 62.5 Å². The van der Waals surface area contributed by atoms with Crippen molar-refractivity contribution in [1.29, 1.82) is 0 Å². The van der Waals surface area contributed by atoms with Crippen LogP contribution in [0.1, 0.15) is 45.2 Å². The van der Waals surface area contributed by atoms with Crippen LogP contribution in [-0.2, 0) is 11.3 Å². The van der Waals surface area contributed by atoms with Gasteiger partial charge in [0.1, 0.15) is 0 Å². The number of hydrogen-bond acceptors (Lipinski definition) is 5. The van der Waals surface area contributed by atoms with Crippen molar-refractivity contribution in [1.82, 2.24) is 9.88 Å². The number of amides is 1. The Bertz CT molecular complexity index is 460. The Morgan fingerprint density at radius 1 is 1.57 bits per heavy atom. The summed E-state index contributed by atoms with van der Waals surface area (Å²) >= 11 is 1.56. The van der Waals surface area contributed by atoms with E-state index in [-0.39, 0.29) is 5.91 Å². The third-order valence-electron chi connectivity index (χ3n) is 4.08. The number of nitrogens with two attached hydrogens (primary N) is 1. The SMILES string of the molecule is CCN(C(C)=O)c1nc(CN2CCCCC2CCN)cs1. The third-order valence-corrected chi connectivity index (χ3v) is 4.99. The molecule has 6 heteroatoms. The predicted molar refractivity (Wildman–Crippen MR) is 87.5 cm³/mol. The monoisotopic (exact) mass is 310 g/mol. The minimum Gasteiger partial charge on any atom is -0.330 e. The van der Waals surface area contributed by atoms with Gasteiger partial charge in [0.05, 0.1) is 5.69 Å². The standard InChI is InChI=1S/C15H26N4OS/c1-3-19(12(2)20)15-17-13(11-21-15)10-18-9-5-4-6-14(18)7-8-16/h11,14H,3-10,16H2,1-2H3. The number of hydrogen-bond donors (Lipinski definition) is 1. The number of nitrogens with zero attached hydrogens (tertiary/aromatic N) is 3. The van der Waals surface area contributed by atoms with Gasteiger partial charge in [-0.2, -0.15) is 0 Å². The molecule has 0 spiro atoms. The zero-order valence-electron chi connectivity index (χ0n) is 13.0. The highest BCUT2D eigenvalue weighted by molar-refractivity contribution is 7.14. The summed E-state index contributed by atoms with van der Waals surface area (Å²) in [6.07, 6.45) is 4.86. The quantitative estimate of drug-likeness (QED) is 0.875. The summed E-state index contributed by atoms with van der Waals surface area (Å²) in [7, 11) is 0. The first-order valence-corrected chi connectivity index (χ1v) is 8.70. The molecular weight excluding hydrogens is 284 g/mol. The lowest BCUT2D eigenvalue weighted by atomic mass is 9.99. The lowest BCUT2D eigenvalue weighted by Gasteiger charge is -2.35. The maximum absolute atomic E-state index is 11.6. The molecule has 1 amide bonds. The summed E-state index contributed by atoms with van der Waals surface area (Å²) in [6, 6.07) is 0.587. The number of anilines is 1. The molecule has 0 saturated carbocycles. The van der Waals surface area contributed by atoms with Crippen molar-refractivity contribution in [3.8, 4) is 0 Å². The number of carbonyl (C=O) groups is 1. The zero-order valence-corrected chi connectivity index (χ0v) is 13.9. The maximum atomic E-state index is 11.6. The van der Waals surface area contributed by atoms with Crippen LogP contribution in [0.4, 0.5) is 5.13 Å². The van der Waals surface area contributed by atoms with Gasteiger partial charge in [0.2, 0.25) is 5.91 Å². The minimum absolute atomic E-state index is 0.0531. The van der Waals surface area contributed by atoms with Gasteiger partial charge >= 0.3 is 0 Å². The van der Waals surface area contributed by atoms with Gasteiger partial charge in [-0.25, -0.2) is 4.98 Å². The highest BCUT2D eigenvalue weighted by Crippen LogP contribution is 2.25. The molecular formula is C15H26N4OS. The van der Waals surface area contributed by atoms with E-state index in [1.165, 1.54) is 19.3 Å². The normalized spacial score (nSPS) is 19.7. The second-order valence-corrected chi connectivity index (χ2v) is 6.42. The van der Waals surface area contributed by atoms with Gasteiger partial charge in [0.15, 0.2) is 5.13 Å². The molecule has 1 aliphatic heterocycles. The van der Waals surface area contributed by atoms with Crippen LogP contribution in [-0.4, -0.2) is 41.5 Å². The van der Waals surface area contributed by atoms with Crippen molar-refractivity contribution >= 4 is 22.4 Å². The number of piperidine rings is 1. The van der Waals surface area contributed by atoms with Crippen molar-refractivity contribution in [2.45, 2.75) is 52.1 Å². The lowest BCUT2D eigenvalue weighted by molar-refractivity contribution is -0.116. The van der Waals surface area contributed by atoms with E-state index < -0.39 is 0 Å². The Morgan fingerprint density at radius 3 is 3.05 bits per heavy atom. The van der Waals surface area contributed by atoms with Crippen LogP contribution in [0.25, 0.3) is 0 Å². The summed E-state index contributed by atoms with van der Waals surface area (Å²) in [5.74, 6) is 0.0531. The summed E-state index contributed by atoms with van der Waals surface area (Å²) in [5, 5.41) is 2.89. The van der Waals surface area contributed by atoms with Crippen LogP contribution in [0.2, 0.25) is 0 Å². The predicted octanol–water partition coefficient (Wildman–Crippen LogP) is 2.22. The zero-order chi connectivity index (χ0) is 15.2. The molecule has 1 fully saturated rings. The Labute approximate surface area is 131 Å². The summed E-state index contributed by atoms with van der Waals surface area (Å²) in [4.78, 5) is 20.4. The summed E-state index contributed by atoms with van der Waals surface area (Å²) < 4.78 is 0. The van der Waals surface area contributed by atoms with Gasteiger partial charge in [-0.05, 0) is 39.3 Å². The highest BCUT2D eigenvalue weighted by atomic mass is 32.1. The van der Waals surface area contributed by atoms with Gasteiger partial charge in [0, 0.05) is 31.4 Å². The molecule has 1 aliphatic rings. The number of likely N-dealkylation sites (tertiary alicyclic amines) is 1. The molecule has 1 unspecified atom stereocenters. The molecule has 5 nitrogen and oxygen atoms in total. The number of thiazole rings is 1. The van der Waals surface area contributed by atoms with E-state index in [1.807, 2.05) is 6.92 Å². The van der Waals surface area contributed by atoms with E-state index >= 15 is 0 Å². The first kappa shape index (κ1) is 16.4. The number of rotatable bonds is 6. The van der Waals surface area contributed by atoms with Gasteiger partial charge < -0.3 is 5.73 Å². The van der Waals surface area contributed by atoms with Gasteiger partial charge in [0.25, 0.3) is 0 Å². The average molecular weight is 310 g/mol. The molecule has 1 aromatic rings. The van der Waals surface area contributed by atoms with Gasteiger partial charge in [-0.15, -0.1) is 11.3 Å². The van der Waals surface area contributed by atoms with Crippen LogP contribution in [0.15, 0.2) is 5.38 Å². The van der Waals surface area contributed by atoms with E-state index in [1.54, 1.807) is 23.2 Å². The van der Waals surface area contributed by atoms with Crippen molar-refractivity contribution in [3.63, 3.8) is 0 Å². The largest absolute Gasteiger partial charge is 0.330 e. The second kappa shape index (κ2) is 7.87. The molecule has 0 bridgehead atoms. The van der Waals surface area contributed by atoms with E-state index in [9.17, 15) is 4.79 Å². The molecule has 1 saturated heterocycles. The fraction of sp³-hybridized carbons (Fsp3) is 0.733. The van der Waals surface area contributed by atoms with Gasteiger partial charge in [-0.3, -0.25) is 14.6 Å². The third kappa shape index (κ3) is 4.25. The van der Waals surface area contributed by atoms with Crippen molar-refractivity contribution < 1.29 is 4.79 Å². The molecule has 2 rings (SSSR count). The first-order valence-electron chi connectivity index (χ1n) is 7.82.